The van der Waals surface area contributed by atoms with Gasteiger partial charge in [-0.3, -0.25) is 9.59 Å². The molecule has 0 spiro atoms. The Morgan fingerprint density at radius 3 is 2.46 bits per heavy atom. The molecule has 0 aliphatic heterocycles. The monoisotopic (exact) mass is 705 g/mol. The van der Waals surface area contributed by atoms with E-state index in [0.717, 1.165) is 39.5 Å². The van der Waals surface area contributed by atoms with Crippen LogP contribution in [0.3, 0.4) is 0 Å². The van der Waals surface area contributed by atoms with Crippen LogP contribution >= 0.6 is 11.3 Å². The lowest BCUT2D eigenvalue weighted by atomic mass is 9.97. The van der Waals surface area contributed by atoms with Crippen LogP contribution in [0.5, 0.6) is 0 Å². The number of benzene rings is 2. The number of nitrogens with zero attached hydrogens (tertiary/aromatic N) is 4. The largest absolute Gasteiger partial charge is 0.477 e. The summed E-state index contributed by atoms with van der Waals surface area (Å²) in [6.07, 6.45) is 3.84. The van der Waals surface area contributed by atoms with Crippen LogP contribution in [0.2, 0.25) is 0 Å². The molecular weight excluding hydrogens is 672 g/mol. The van der Waals surface area contributed by atoms with Gasteiger partial charge in [0.25, 0.3) is 11.8 Å². The lowest BCUT2D eigenvalue weighted by Gasteiger charge is -2.21. The summed E-state index contributed by atoms with van der Waals surface area (Å²) >= 11 is 1.44. The van der Waals surface area contributed by atoms with Gasteiger partial charge in [-0.1, -0.05) is 12.1 Å². The van der Waals surface area contributed by atoms with Gasteiger partial charge in [0.2, 0.25) is 0 Å². The van der Waals surface area contributed by atoms with Crippen molar-refractivity contribution in [1.29, 1.82) is 0 Å². The standard InChI is InChI=1S/C31H29F2N5O6.C3H4N2S/c1-15-17-8-10-23(19(17)7-6-18(15)30(43)44-31(2,3)4)37-28(40)25-12-24(36-26-20(29(41)42)14-35-38(25)26)27(39)34-13-16-5-9-21(32)22(33)11-16;4-3-5-1-2-6-3/h5-7,9,11-12,14,23H,8,10,13H2,1-4H3,(H,34,39)(H,37,40)(H,41,42);1-2H,(H2,4,5)/t23-;/m0./s1. The Bertz CT molecular complexity index is 2110. The van der Waals surface area contributed by atoms with Crippen molar-refractivity contribution in [2.24, 2.45) is 0 Å². The topological polar surface area (TPSA) is 191 Å². The first-order valence-corrected chi connectivity index (χ1v) is 16.2. The number of aromatic carboxylic acids is 1. The van der Waals surface area contributed by atoms with E-state index in [1.54, 1.807) is 39.1 Å². The second-order valence-corrected chi connectivity index (χ2v) is 13.2. The van der Waals surface area contributed by atoms with Gasteiger partial charge in [-0.05, 0) is 81.0 Å². The maximum absolute atomic E-state index is 13.6. The zero-order valence-electron chi connectivity index (χ0n) is 27.4. The van der Waals surface area contributed by atoms with E-state index in [1.165, 1.54) is 23.5 Å². The third kappa shape index (κ3) is 7.92. The lowest BCUT2D eigenvalue weighted by molar-refractivity contribution is 0.00681. The number of nitrogens with two attached hydrogens (primary N) is 1. The molecule has 2 amide bonds. The van der Waals surface area contributed by atoms with Crippen LogP contribution in [0.15, 0.2) is 54.2 Å². The summed E-state index contributed by atoms with van der Waals surface area (Å²) in [6, 6.07) is 7.33. The third-order valence-electron chi connectivity index (χ3n) is 7.67. The highest BCUT2D eigenvalue weighted by Gasteiger charge is 2.30. The summed E-state index contributed by atoms with van der Waals surface area (Å²) in [6.45, 7) is 7.01. The van der Waals surface area contributed by atoms with Crippen molar-refractivity contribution in [2.45, 2.75) is 58.7 Å². The SMILES string of the molecule is Cc1c(C(=O)OC(C)(C)C)ccc2c1CC[C@@H]2NC(=O)c1cc(C(=O)NCc2ccc(F)c(F)c2)nc2c(C(=O)O)cnn12.Nc1nccs1. The number of carboxylic acids is 1. The van der Waals surface area contributed by atoms with Crippen molar-refractivity contribution in [2.75, 3.05) is 5.73 Å². The van der Waals surface area contributed by atoms with Gasteiger partial charge in [0.15, 0.2) is 22.4 Å². The number of carboxylic acid groups (broad SMARTS) is 1. The number of thiazole rings is 1. The van der Waals surface area contributed by atoms with Crippen molar-refractivity contribution in [3.05, 3.63) is 111 Å². The highest BCUT2D eigenvalue weighted by atomic mass is 32.1. The number of esters is 1. The molecule has 0 bridgehead atoms. The first kappa shape index (κ1) is 35.5. The van der Waals surface area contributed by atoms with Gasteiger partial charge >= 0.3 is 11.9 Å². The van der Waals surface area contributed by atoms with Crippen LogP contribution < -0.4 is 16.4 Å². The number of aromatic nitrogens is 4. The number of halogens is 2. The van der Waals surface area contributed by atoms with Gasteiger partial charge < -0.3 is 26.2 Å². The van der Waals surface area contributed by atoms with Gasteiger partial charge in [-0.25, -0.2) is 32.9 Å². The molecule has 13 nitrogen and oxygen atoms in total. The number of rotatable bonds is 7. The maximum atomic E-state index is 13.6. The summed E-state index contributed by atoms with van der Waals surface area (Å²) in [5.74, 6) is -5.33. The first-order chi connectivity index (χ1) is 23.6. The minimum absolute atomic E-state index is 0.143. The highest BCUT2D eigenvalue weighted by Crippen LogP contribution is 2.35. The fourth-order valence-electron chi connectivity index (χ4n) is 5.37. The predicted octanol–water partition coefficient (Wildman–Crippen LogP) is 5.04. The van der Waals surface area contributed by atoms with E-state index < -0.39 is 47.0 Å². The van der Waals surface area contributed by atoms with E-state index in [1.807, 2.05) is 12.3 Å². The molecule has 3 aromatic heterocycles. The summed E-state index contributed by atoms with van der Waals surface area (Å²) in [7, 11) is 0. The summed E-state index contributed by atoms with van der Waals surface area (Å²) in [5.41, 5.74) is 6.77. The Morgan fingerprint density at radius 2 is 1.84 bits per heavy atom. The minimum Gasteiger partial charge on any atom is -0.477 e. The number of nitrogens with one attached hydrogen (secondary N) is 2. The molecule has 6 rings (SSSR count). The van der Waals surface area contributed by atoms with Crippen molar-refractivity contribution in [3.63, 3.8) is 0 Å². The summed E-state index contributed by atoms with van der Waals surface area (Å²) < 4.78 is 33.4. The van der Waals surface area contributed by atoms with Crippen LogP contribution in [-0.4, -0.2) is 54.0 Å². The van der Waals surface area contributed by atoms with E-state index in [9.17, 15) is 33.1 Å². The second-order valence-electron chi connectivity index (χ2n) is 12.3. The average Bonchev–Trinajstić information content (AvgIpc) is 3.81. The number of amides is 2. The number of nitrogen functional groups attached to an aromatic ring is 1. The van der Waals surface area contributed by atoms with E-state index in [-0.39, 0.29) is 34.7 Å². The Morgan fingerprint density at radius 1 is 1.08 bits per heavy atom. The van der Waals surface area contributed by atoms with E-state index in [4.69, 9.17) is 10.5 Å². The normalized spacial score (nSPS) is 13.6. The Hall–Kier alpha value is -5.77. The number of hydrogen-bond acceptors (Lipinski definition) is 10. The number of fused-ring (bicyclic) bond motifs is 2. The molecule has 5 aromatic rings. The van der Waals surface area contributed by atoms with Gasteiger partial charge in [0.1, 0.15) is 22.6 Å². The molecule has 0 unspecified atom stereocenters. The Kier molecular flexibility index (Phi) is 10.2. The van der Waals surface area contributed by atoms with Crippen molar-refractivity contribution in [1.82, 2.24) is 30.2 Å². The number of ether oxygens (including phenoxy) is 1. The summed E-state index contributed by atoms with van der Waals surface area (Å²) in [4.78, 5) is 59.0. The van der Waals surface area contributed by atoms with Crippen LogP contribution in [-0.2, 0) is 17.7 Å². The van der Waals surface area contributed by atoms with Gasteiger partial charge in [-0.2, -0.15) is 5.10 Å². The third-order valence-corrected chi connectivity index (χ3v) is 8.28. The molecule has 5 N–H and O–H groups in total. The van der Waals surface area contributed by atoms with E-state index in [2.05, 4.69) is 25.7 Å². The molecule has 1 aliphatic carbocycles. The fourth-order valence-corrected chi connectivity index (χ4v) is 5.75. The van der Waals surface area contributed by atoms with Crippen molar-refractivity contribution >= 4 is 45.9 Å². The molecule has 16 heteroatoms. The molecule has 1 aliphatic rings. The van der Waals surface area contributed by atoms with Crippen molar-refractivity contribution in [3.8, 4) is 0 Å². The van der Waals surface area contributed by atoms with Crippen molar-refractivity contribution < 1.29 is 37.8 Å². The molecule has 0 saturated heterocycles. The van der Waals surface area contributed by atoms with E-state index in [0.29, 0.717) is 23.5 Å². The average molecular weight is 706 g/mol. The van der Waals surface area contributed by atoms with Gasteiger partial charge in [-0.15, -0.1) is 11.3 Å². The molecule has 1 atom stereocenters. The molecule has 2 aromatic carbocycles. The maximum Gasteiger partial charge on any atom is 0.341 e. The molecule has 3 heterocycles. The number of carbonyl (C=O) groups is 4. The Balaban J connectivity index is 0.000000732. The molecule has 0 saturated carbocycles. The first-order valence-electron chi connectivity index (χ1n) is 15.3. The molecule has 0 fully saturated rings. The minimum atomic E-state index is -1.36. The smallest absolute Gasteiger partial charge is 0.341 e. The zero-order chi connectivity index (χ0) is 36.3. The van der Waals surface area contributed by atoms with Crippen LogP contribution in [0, 0.1) is 18.6 Å². The van der Waals surface area contributed by atoms with Crippen LogP contribution in [0.4, 0.5) is 13.9 Å². The quantitative estimate of drug-likeness (QED) is 0.167. The van der Waals surface area contributed by atoms with E-state index >= 15 is 0 Å². The highest BCUT2D eigenvalue weighted by molar-refractivity contribution is 7.13. The Labute approximate surface area is 288 Å². The number of anilines is 1. The van der Waals surface area contributed by atoms with Gasteiger partial charge in [0, 0.05) is 24.2 Å². The number of carbonyl (C=O) groups excluding carboxylic acids is 3. The molecule has 0 radical (unpaired) electrons. The van der Waals surface area contributed by atoms with Gasteiger partial charge in [0.05, 0.1) is 17.8 Å². The lowest BCUT2D eigenvalue weighted by Crippen LogP contribution is -2.31. The van der Waals surface area contributed by atoms with Crippen LogP contribution in [0.25, 0.3) is 5.65 Å². The molecular formula is C34H33F2N7O6S. The predicted molar refractivity (Wildman–Crippen MR) is 179 cm³/mol. The molecule has 260 valence electrons. The zero-order valence-corrected chi connectivity index (χ0v) is 28.2. The second kappa shape index (κ2) is 14.4. The summed E-state index contributed by atoms with van der Waals surface area (Å²) in [5, 5.41) is 21.6. The van der Waals surface area contributed by atoms with Crippen LogP contribution in [0.1, 0.15) is 97.2 Å². The fraction of sp³-hybridized carbons (Fsp3) is 0.265. The molecule has 50 heavy (non-hydrogen) atoms. The number of hydrogen-bond donors (Lipinski definition) is 4.